The molecule has 1 fully saturated rings. The van der Waals surface area contributed by atoms with E-state index in [0.717, 1.165) is 54.3 Å². The van der Waals surface area contributed by atoms with Gasteiger partial charge in [-0.1, -0.05) is 6.07 Å². The molecule has 2 aliphatic rings. The van der Waals surface area contributed by atoms with E-state index in [1.807, 2.05) is 24.1 Å². The van der Waals surface area contributed by atoms with E-state index in [9.17, 15) is 9.59 Å². The lowest BCUT2D eigenvalue weighted by atomic mass is 10.0. The van der Waals surface area contributed by atoms with Gasteiger partial charge < -0.3 is 19.9 Å². The number of fused-ring (bicyclic) bond motifs is 1. The summed E-state index contributed by atoms with van der Waals surface area (Å²) in [5.41, 5.74) is 4.15. The molecule has 0 unspecified atom stereocenters. The number of benzene rings is 1. The number of anilines is 2. The van der Waals surface area contributed by atoms with Gasteiger partial charge in [-0.25, -0.2) is 9.78 Å². The standard InChI is InChI=1S/C24H25N7O3/c1-29-13-18(10-26-29)24(33)27-19-5-7-31(8-6-19)22-12-25-11-20(28-22)16-3-4-21-17(9-16)15-34-23(14-32)30(21)2/h3-4,9-13,19H,5-8,15H2,1-2H3,(H,27,33). The fourth-order valence-electron chi connectivity index (χ4n) is 4.35. The number of aromatic nitrogens is 4. The molecule has 0 spiro atoms. The Labute approximate surface area is 196 Å². The minimum Gasteiger partial charge on any atom is -0.466 e. The molecule has 0 bridgehead atoms. The molecule has 3 aromatic rings. The zero-order valence-electron chi connectivity index (χ0n) is 19.1. The highest BCUT2D eigenvalue weighted by molar-refractivity contribution is 5.93. The Morgan fingerprint density at radius 2 is 2.00 bits per heavy atom. The molecule has 1 amide bonds. The molecule has 1 aromatic carbocycles. The summed E-state index contributed by atoms with van der Waals surface area (Å²) in [5, 5.41) is 7.16. The highest BCUT2D eigenvalue weighted by Gasteiger charge is 2.24. The maximum absolute atomic E-state index is 12.4. The first-order chi connectivity index (χ1) is 16.5. The molecule has 0 atom stereocenters. The predicted octanol–water partition coefficient (Wildman–Crippen LogP) is 1.92. The molecule has 34 heavy (non-hydrogen) atoms. The zero-order valence-corrected chi connectivity index (χ0v) is 19.1. The van der Waals surface area contributed by atoms with E-state index >= 15 is 0 Å². The van der Waals surface area contributed by atoms with Crippen molar-refractivity contribution < 1.29 is 14.3 Å². The number of amides is 1. The van der Waals surface area contributed by atoms with E-state index in [1.165, 1.54) is 0 Å². The summed E-state index contributed by atoms with van der Waals surface area (Å²) in [5.74, 6) is 2.73. The van der Waals surface area contributed by atoms with E-state index in [0.29, 0.717) is 12.2 Å². The van der Waals surface area contributed by atoms with Crippen molar-refractivity contribution in [2.75, 3.05) is 29.9 Å². The SMILES string of the molecule is CN1C(=C=O)OCc2cc(-c3cncc(N4CCC(NC(=O)c5cnn(C)c5)CC4)n3)ccc21. The molecule has 10 heteroatoms. The minimum atomic E-state index is -0.0915. The van der Waals surface area contributed by atoms with Crippen molar-refractivity contribution in [3.8, 4) is 11.3 Å². The fraction of sp³-hybridized carbons (Fsp3) is 0.333. The Morgan fingerprint density at radius 3 is 2.74 bits per heavy atom. The maximum atomic E-state index is 12.4. The van der Waals surface area contributed by atoms with Gasteiger partial charge in [0.05, 0.1) is 35.5 Å². The van der Waals surface area contributed by atoms with Crippen molar-refractivity contribution in [3.63, 3.8) is 0 Å². The fourth-order valence-corrected chi connectivity index (χ4v) is 4.35. The monoisotopic (exact) mass is 459 g/mol. The van der Waals surface area contributed by atoms with Crippen molar-refractivity contribution in [2.45, 2.75) is 25.5 Å². The number of nitrogens with one attached hydrogen (secondary N) is 1. The van der Waals surface area contributed by atoms with Crippen LogP contribution in [0.2, 0.25) is 0 Å². The molecular formula is C24H25N7O3. The van der Waals surface area contributed by atoms with E-state index in [2.05, 4.69) is 20.3 Å². The number of hydrogen-bond donors (Lipinski definition) is 1. The van der Waals surface area contributed by atoms with Gasteiger partial charge in [-0.05, 0) is 25.0 Å². The van der Waals surface area contributed by atoms with Gasteiger partial charge in [0.1, 0.15) is 12.4 Å². The summed E-state index contributed by atoms with van der Waals surface area (Å²) in [6.07, 6.45) is 8.47. The lowest BCUT2D eigenvalue weighted by molar-refractivity contribution is 0.0931. The summed E-state index contributed by atoms with van der Waals surface area (Å²) in [6.45, 7) is 1.86. The summed E-state index contributed by atoms with van der Waals surface area (Å²) in [6, 6.07) is 6.05. The van der Waals surface area contributed by atoms with Gasteiger partial charge >= 0.3 is 0 Å². The highest BCUT2D eigenvalue weighted by Crippen LogP contribution is 2.32. The number of nitrogens with zero attached hydrogens (tertiary/aromatic N) is 6. The number of aryl methyl sites for hydroxylation is 1. The van der Waals surface area contributed by atoms with E-state index in [1.54, 1.807) is 48.5 Å². The molecule has 0 radical (unpaired) electrons. The van der Waals surface area contributed by atoms with Gasteiger partial charge in [-0.15, -0.1) is 0 Å². The summed E-state index contributed by atoms with van der Waals surface area (Å²) in [4.78, 5) is 36.6. The van der Waals surface area contributed by atoms with Crippen molar-refractivity contribution in [1.29, 1.82) is 0 Å². The van der Waals surface area contributed by atoms with Crippen LogP contribution < -0.4 is 15.1 Å². The molecule has 2 aromatic heterocycles. The van der Waals surface area contributed by atoms with Gasteiger partial charge in [0.15, 0.2) is 5.94 Å². The van der Waals surface area contributed by atoms with Crippen LogP contribution in [0.5, 0.6) is 0 Å². The van der Waals surface area contributed by atoms with Crippen LogP contribution in [0.4, 0.5) is 11.5 Å². The van der Waals surface area contributed by atoms with Gasteiger partial charge in [0.2, 0.25) is 0 Å². The first-order valence-corrected chi connectivity index (χ1v) is 11.1. The second-order valence-corrected chi connectivity index (χ2v) is 8.50. The van der Waals surface area contributed by atoms with Crippen LogP contribution >= 0.6 is 0 Å². The van der Waals surface area contributed by atoms with Gasteiger partial charge in [0, 0.05) is 50.6 Å². The van der Waals surface area contributed by atoms with Crippen LogP contribution in [-0.2, 0) is 23.2 Å². The summed E-state index contributed by atoms with van der Waals surface area (Å²) in [7, 11) is 3.57. The number of ether oxygens (including phenoxy) is 1. The molecule has 5 rings (SSSR count). The van der Waals surface area contributed by atoms with Gasteiger partial charge in [-0.2, -0.15) is 5.10 Å². The minimum absolute atomic E-state index is 0.0915. The second kappa shape index (κ2) is 8.99. The van der Waals surface area contributed by atoms with Crippen molar-refractivity contribution in [3.05, 3.63) is 60.0 Å². The van der Waals surface area contributed by atoms with Gasteiger partial charge in [-0.3, -0.25) is 14.5 Å². The van der Waals surface area contributed by atoms with Crippen molar-refractivity contribution in [1.82, 2.24) is 25.1 Å². The van der Waals surface area contributed by atoms with Crippen molar-refractivity contribution >= 4 is 23.4 Å². The normalized spacial score (nSPS) is 16.0. The second-order valence-electron chi connectivity index (χ2n) is 8.50. The predicted molar refractivity (Wildman–Crippen MR) is 126 cm³/mol. The Balaban J connectivity index is 1.25. The zero-order chi connectivity index (χ0) is 23.7. The number of hydrogen-bond acceptors (Lipinski definition) is 8. The number of carbonyl (C=O) groups is 1. The lowest BCUT2D eigenvalue weighted by Crippen LogP contribution is -2.45. The lowest BCUT2D eigenvalue weighted by Gasteiger charge is -2.33. The van der Waals surface area contributed by atoms with Crippen LogP contribution in [0.3, 0.4) is 0 Å². The smallest absolute Gasteiger partial charge is 0.282 e. The first kappa shape index (κ1) is 21.7. The Bertz CT molecular complexity index is 1270. The van der Waals surface area contributed by atoms with Crippen LogP contribution in [-0.4, -0.2) is 57.8 Å². The average molecular weight is 460 g/mol. The molecule has 1 N–H and O–H groups in total. The Hall–Kier alpha value is -4.17. The summed E-state index contributed by atoms with van der Waals surface area (Å²) >= 11 is 0. The van der Waals surface area contributed by atoms with Crippen LogP contribution in [0, 0.1) is 0 Å². The van der Waals surface area contributed by atoms with Crippen LogP contribution in [0.15, 0.2) is 48.9 Å². The van der Waals surface area contributed by atoms with Crippen molar-refractivity contribution in [2.24, 2.45) is 7.05 Å². The topological polar surface area (TPSA) is 105 Å². The summed E-state index contributed by atoms with van der Waals surface area (Å²) < 4.78 is 7.10. The third kappa shape index (κ3) is 4.23. The van der Waals surface area contributed by atoms with Crippen LogP contribution in [0.25, 0.3) is 11.3 Å². The van der Waals surface area contributed by atoms with E-state index in [-0.39, 0.29) is 17.8 Å². The van der Waals surface area contributed by atoms with E-state index < -0.39 is 0 Å². The quantitative estimate of drug-likeness (QED) is 0.590. The molecular weight excluding hydrogens is 434 g/mol. The number of piperidine rings is 1. The third-order valence-corrected chi connectivity index (χ3v) is 6.24. The number of rotatable bonds is 4. The molecule has 2 aliphatic heterocycles. The number of carbonyl (C=O) groups excluding carboxylic acids is 2. The first-order valence-electron chi connectivity index (χ1n) is 11.1. The maximum Gasteiger partial charge on any atom is 0.282 e. The largest absolute Gasteiger partial charge is 0.466 e. The highest BCUT2D eigenvalue weighted by atomic mass is 16.5. The van der Waals surface area contributed by atoms with Crippen LogP contribution in [0.1, 0.15) is 28.8 Å². The molecule has 0 saturated carbocycles. The Kier molecular flexibility index (Phi) is 5.73. The molecule has 4 heterocycles. The molecule has 10 nitrogen and oxygen atoms in total. The average Bonchev–Trinajstić information content (AvgIpc) is 3.31. The van der Waals surface area contributed by atoms with Gasteiger partial charge in [0.25, 0.3) is 11.8 Å². The molecule has 174 valence electrons. The Morgan fingerprint density at radius 1 is 1.18 bits per heavy atom. The molecule has 1 saturated heterocycles. The molecule has 0 aliphatic carbocycles. The third-order valence-electron chi connectivity index (χ3n) is 6.24. The van der Waals surface area contributed by atoms with E-state index in [4.69, 9.17) is 9.72 Å².